The van der Waals surface area contributed by atoms with E-state index in [1.165, 1.54) is 5.69 Å². The van der Waals surface area contributed by atoms with Crippen molar-refractivity contribution >= 4 is 64.0 Å². The first-order chi connectivity index (χ1) is 15.5. The van der Waals surface area contributed by atoms with Gasteiger partial charge in [0.25, 0.3) is 0 Å². The topological polar surface area (TPSA) is 34.1 Å². The maximum atomic E-state index is 6.41. The first-order valence-electron chi connectivity index (χ1n) is 10.0. The average Bonchev–Trinajstić information content (AvgIpc) is 2.79. The fourth-order valence-electron chi connectivity index (χ4n) is 3.30. The second kappa shape index (κ2) is 10.8. The lowest BCUT2D eigenvalue weighted by Crippen LogP contribution is -2.36. The molecule has 1 aliphatic rings. The number of ether oxygens (including phenoxy) is 2. The highest BCUT2D eigenvalue weighted by Crippen LogP contribution is 2.35. The Morgan fingerprint density at radius 1 is 0.875 bits per heavy atom. The summed E-state index contributed by atoms with van der Waals surface area (Å²) in [4.78, 5) is 6.83. The molecular formula is C24H20Cl4N2O2. The minimum atomic E-state index is 0.221. The maximum Gasteiger partial charge on any atom is 0.157 e. The van der Waals surface area contributed by atoms with E-state index in [0.29, 0.717) is 25.8 Å². The first-order valence-corrected chi connectivity index (χ1v) is 11.5. The van der Waals surface area contributed by atoms with Crippen LogP contribution < -0.4 is 9.64 Å². The Bertz CT molecular complexity index is 1090. The molecule has 1 heterocycles. The van der Waals surface area contributed by atoms with E-state index in [0.717, 1.165) is 43.1 Å². The molecule has 4 rings (SSSR count). The van der Waals surface area contributed by atoms with Crippen molar-refractivity contribution in [3.63, 3.8) is 0 Å². The Morgan fingerprint density at radius 3 is 2.22 bits per heavy atom. The number of benzene rings is 3. The first kappa shape index (κ1) is 23.2. The van der Waals surface area contributed by atoms with Crippen LogP contribution in [-0.2, 0) is 11.3 Å². The van der Waals surface area contributed by atoms with Gasteiger partial charge >= 0.3 is 0 Å². The van der Waals surface area contributed by atoms with Gasteiger partial charge in [-0.15, -0.1) is 0 Å². The third kappa shape index (κ3) is 5.89. The lowest BCUT2D eigenvalue weighted by Gasteiger charge is -2.28. The van der Waals surface area contributed by atoms with E-state index in [2.05, 4.69) is 22.0 Å². The summed E-state index contributed by atoms with van der Waals surface area (Å²) in [6, 6.07) is 16.8. The van der Waals surface area contributed by atoms with Gasteiger partial charge in [-0.1, -0.05) is 52.5 Å². The number of morpholine rings is 1. The van der Waals surface area contributed by atoms with Crippen LogP contribution in [0.4, 0.5) is 11.4 Å². The lowest BCUT2D eigenvalue weighted by molar-refractivity contribution is 0.122. The summed E-state index contributed by atoms with van der Waals surface area (Å²) in [6.45, 7) is 3.54. The fraction of sp³-hybridized carbons (Fsp3) is 0.208. The summed E-state index contributed by atoms with van der Waals surface area (Å²) in [5, 5.41) is 1.88. The predicted molar refractivity (Wildman–Crippen MR) is 134 cm³/mol. The molecule has 1 aliphatic heterocycles. The molecule has 0 N–H and O–H groups in total. The van der Waals surface area contributed by atoms with Crippen molar-refractivity contribution in [1.82, 2.24) is 0 Å². The number of rotatable bonds is 6. The van der Waals surface area contributed by atoms with Gasteiger partial charge in [-0.25, -0.2) is 0 Å². The number of aliphatic imine (C=N–C) groups is 1. The molecule has 0 radical (unpaired) electrons. The molecular weight excluding hydrogens is 490 g/mol. The van der Waals surface area contributed by atoms with Crippen molar-refractivity contribution in [1.29, 1.82) is 0 Å². The van der Waals surface area contributed by atoms with Gasteiger partial charge in [0.1, 0.15) is 6.61 Å². The number of anilines is 1. The Hall–Kier alpha value is -1.95. The smallest absolute Gasteiger partial charge is 0.157 e. The molecule has 4 nitrogen and oxygen atoms in total. The van der Waals surface area contributed by atoms with E-state index in [4.69, 9.17) is 55.9 Å². The molecule has 0 spiro atoms. The van der Waals surface area contributed by atoms with Crippen molar-refractivity contribution in [2.45, 2.75) is 6.61 Å². The van der Waals surface area contributed by atoms with Gasteiger partial charge in [0.2, 0.25) is 0 Å². The minimum absolute atomic E-state index is 0.221. The molecule has 0 aromatic heterocycles. The van der Waals surface area contributed by atoms with Crippen LogP contribution in [0.15, 0.2) is 59.6 Å². The van der Waals surface area contributed by atoms with E-state index in [9.17, 15) is 0 Å². The molecule has 8 heteroatoms. The van der Waals surface area contributed by atoms with Crippen molar-refractivity contribution in [3.8, 4) is 5.75 Å². The van der Waals surface area contributed by atoms with Crippen LogP contribution >= 0.6 is 46.4 Å². The molecule has 32 heavy (non-hydrogen) atoms. The van der Waals surface area contributed by atoms with Crippen LogP contribution in [0.25, 0.3) is 0 Å². The molecule has 0 unspecified atom stereocenters. The van der Waals surface area contributed by atoms with E-state index in [1.807, 2.05) is 12.1 Å². The number of hydrogen-bond acceptors (Lipinski definition) is 4. The Morgan fingerprint density at radius 2 is 1.56 bits per heavy atom. The molecule has 1 fully saturated rings. The van der Waals surface area contributed by atoms with Gasteiger partial charge in [0, 0.05) is 40.6 Å². The van der Waals surface area contributed by atoms with Crippen LogP contribution in [0.1, 0.15) is 11.1 Å². The maximum absolute atomic E-state index is 6.41. The SMILES string of the molecule is Clc1ccc(COc2c(Cl)cc(C=Nc3ccc(N4CCOCC4)cc3)cc2Cl)c(Cl)c1. The molecule has 0 amide bonds. The van der Waals surface area contributed by atoms with Crippen LogP contribution in [0.3, 0.4) is 0 Å². The van der Waals surface area contributed by atoms with E-state index in [1.54, 1.807) is 36.5 Å². The Labute approximate surface area is 207 Å². The summed E-state index contributed by atoms with van der Waals surface area (Å²) >= 11 is 25.0. The summed E-state index contributed by atoms with van der Waals surface area (Å²) in [5.41, 5.74) is 3.57. The zero-order chi connectivity index (χ0) is 22.5. The van der Waals surface area contributed by atoms with Crippen molar-refractivity contribution < 1.29 is 9.47 Å². The zero-order valence-electron chi connectivity index (χ0n) is 17.0. The van der Waals surface area contributed by atoms with Crippen LogP contribution in [0.2, 0.25) is 20.1 Å². The largest absolute Gasteiger partial charge is 0.486 e. The van der Waals surface area contributed by atoms with Crippen molar-refractivity contribution in [2.24, 2.45) is 4.99 Å². The summed E-state index contributed by atoms with van der Waals surface area (Å²) < 4.78 is 11.2. The summed E-state index contributed by atoms with van der Waals surface area (Å²) in [7, 11) is 0. The molecule has 0 bridgehead atoms. The zero-order valence-corrected chi connectivity index (χ0v) is 20.1. The summed E-state index contributed by atoms with van der Waals surface area (Å²) in [5.74, 6) is 0.395. The molecule has 0 saturated carbocycles. The third-order valence-electron chi connectivity index (χ3n) is 5.00. The molecule has 1 saturated heterocycles. The van der Waals surface area contributed by atoms with Gasteiger partial charge in [-0.3, -0.25) is 4.99 Å². The molecule has 3 aromatic rings. The normalized spacial score (nSPS) is 14.2. The van der Waals surface area contributed by atoms with Gasteiger partial charge in [0.05, 0.1) is 28.9 Å². The van der Waals surface area contributed by atoms with Crippen molar-refractivity contribution in [2.75, 3.05) is 31.2 Å². The Balaban J connectivity index is 1.42. The number of hydrogen-bond donors (Lipinski definition) is 0. The van der Waals surface area contributed by atoms with Crippen LogP contribution in [0.5, 0.6) is 5.75 Å². The molecule has 3 aromatic carbocycles. The third-order valence-corrected chi connectivity index (χ3v) is 6.14. The average molecular weight is 510 g/mol. The summed E-state index contributed by atoms with van der Waals surface area (Å²) in [6.07, 6.45) is 1.72. The second-order valence-corrected chi connectivity index (χ2v) is 8.87. The molecule has 0 aliphatic carbocycles. The minimum Gasteiger partial charge on any atom is -0.486 e. The fourth-order valence-corrected chi connectivity index (χ4v) is 4.38. The van der Waals surface area contributed by atoms with Crippen molar-refractivity contribution in [3.05, 3.63) is 85.8 Å². The van der Waals surface area contributed by atoms with Gasteiger partial charge < -0.3 is 14.4 Å². The van der Waals surface area contributed by atoms with E-state index < -0.39 is 0 Å². The van der Waals surface area contributed by atoms with E-state index >= 15 is 0 Å². The monoisotopic (exact) mass is 508 g/mol. The highest BCUT2D eigenvalue weighted by atomic mass is 35.5. The second-order valence-electron chi connectivity index (χ2n) is 7.21. The highest BCUT2D eigenvalue weighted by Gasteiger charge is 2.12. The van der Waals surface area contributed by atoms with Gasteiger partial charge in [0.15, 0.2) is 5.75 Å². The lowest BCUT2D eigenvalue weighted by atomic mass is 10.2. The number of nitrogens with zero attached hydrogens (tertiary/aromatic N) is 2. The Kier molecular flexibility index (Phi) is 7.82. The van der Waals surface area contributed by atoms with E-state index in [-0.39, 0.29) is 6.61 Å². The standard InChI is InChI=1S/C24H20Cl4N2O2/c25-18-2-1-17(21(26)13-18)15-32-24-22(27)11-16(12-23(24)28)14-29-19-3-5-20(6-4-19)30-7-9-31-10-8-30/h1-6,11-14H,7-10,15H2. The predicted octanol–water partition coefficient (Wildman–Crippen LogP) is 7.47. The number of halogens is 4. The van der Waals surface area contributed by atoms with Crippen LogP contribution in [-0.4, -0.2) is 32.5 Å². The highest BCUT2D eigenvalue weighted by molar-refractivity contribution is 6.37. The van der Waals surface area contributed by atoms with Crippen LogP contribution in [0, 0.1) is 0 Å². The van der Waals surface area contributed by atoms with Gasteiger partial charge in [-0.2, -0.15) is 0 Å². The quantitative estimate of drug-likeness (QED) is 0.323. The van der Waals surface area contributed by atoms with Gasteiger partial charge in [-0.05, 0) is 54.1 Å². The molecule has 0 atom stereocenters. The molecule has 166 valence electrons.